The Kier molecular flexibility index (Phi) is 3.47. The fourth-order valence-corrected chi connectivity index (χ4v) is 1.98. The van der Waals surface area contributed by atoms with Crippen molar-refractivity contribution < 1.29 is 9.53 Å². The molecule has 0 radical (unpaired) electrons. The van der Waals surface area contributed by atoms with E-state index in [1.165, 1.54) is 0 Å². The van der Waals surface area contributed by atoms with Crippen LogP contribution in [-0.4, -0.2) is 23.0 Å². The number of hydrogen-bond acceptors (Lipinski definition) is 4. The highest BCUT2D eigenvalue weighted by Gasteiger charge is 2.09. The molecule has 0 saturated heterocycles. The van der Waals surface area contributed by atoms with Gasteiger partial charge in [-0.3, -0.25) is 9.78 Å². The SMILES string of the molecule is COc1ccc2ccc(C(=O)Nc3ccncc3)nc2c1. The lowest BCUT2D eigenvalue weighted by molar-refractivity contribution is 0.102. The third kappa shape index (κ3) is 2.81. The third-order valence-corrected chi connectivity index (χ3v) is 3.07. The molecule has 104 valence electrons. The summed E-state index contributed by atoms with van der Waals surface area (Å²) in [5, 5.41) is 3.73. The number of aromatic nitrogens is 2. The Bertz CT molecular complexity index is 788. The molecule has 3 aromatic rings. The van der Waals surface area contributed by atoms with Crippen molar-refractivity contribution in [3.63, 3.8) is 0 Å². The standard InChI is InChI=1S/C16H13N3O2/c1-21-13-4-2-11-3-5-14(19-15(11)10-13)16(20)18-12-6-8-17-9-7-12/h2-10H,1H3,(H,17,18,20). The molecule has 1 amide bonds. The van der Waals surface area contributed by atoms with E-state index in [4.69, 9.17) is 4.74 Å². The van der Waals surface area contributed by atoms with Gasteiger partial charge in [0.15, 0.2) is 0 Å². The summed E-state index contributed by atoms with van der Waals surface area (Å²) in [6.45, 7) is 0. The molecule has 0 bridgehead atoms. The number of benzene rings is 1. The van der Waals surface area contributed by atoms with Crippen LogP contribution >= 0.6 is 0 Å². The Morgan fingerprint density at radius 2 is 1.86 bits per heavy atom. The average Bonchev–Trinajstić information content (AvgIpc) is 2.54. The highest BCUT2D eigenvalue weighted by atomic mass is 16.5. The van der Waals surface area contributed by atoms with Gasteiger partial charge in [0.1, 0.15) is 11.4 Å². The molecule has 21 heavy (non-hydrogen) atoms. The van der Waals surface area contributed by atoms with Crippen LogP contribution in [0, 0.1) is 0 Å². The highest BCUT2D eigenvalue weighted by molar-refractivity contribution is 6.04. The van der Waals surface area contributed by atoms with Crippen LogP contribution in [0.15, 0.2) is 54.9 Å². The summed E-state index contributed by atoms with van der Waals surface area (Å²) in [6.07, 6.45) is 3.24. The van der Waals surface area contributed by atoms with Crippen molar-refractivity contribution in [1.82, 2.24) is 9.97 Å². The van der Waals surface area contributed by atoms with Gasteiger partial charge in [0, 0.05) is 29.5 Å². The normalized spacial score (nSPS) is 10.3. The molecule has 0 aliphatic heterocycles. The number of carbonyl (C=O) groups excluding carboxylic acids is 1. The van der Waals surface area contributed by atoms with Gasteiger partial charge in [-0.15, -0.1) is 0 Å². The van der Waals surface area contributed by atoms with Gasteiger partial charge in [-0.05, 0) is 30.3 Å². The minimum absolute atomic E-state index is 0.258. The summed E-state index contributed by atoms with van der Waals surface area (Å²) in [5.41, 5.74) is 1.76. The molecule has 3 rings (SSSR count). The lowest BCUT2D eigenvalue weighted by Crippen LogP contribution is -2.13. The number of amides is 1. The number of nitrogens with one attached hydrogen (secondary N) is 1. The smallest absolute Gasteiger partial charge is 0.274 e. The molecule has 0 fully saturated rings. The summed E-state index contributed by atoms with van der Waals surface area (Å²) in [7, 11) is 1.60. The van der Waals surface area contributed by atoms with Gasteiger partial charge >= 0.3 is 0 Å². The lowest BCUT2D eigenvalue weighted by atomic mass is 10.2. The second kappa shape index (κ2) is 5.58. The molecule has 0 saturated carbocycles. The molecular weight excluding hydrogens is 266 g/mol. The number of hydrogen-bond donors (Lipinski definition) is 1. The zero-order valence-electron chi connectivity index (χ0n) is 11.4. The Morgan fingerprint density at radius 1 is 1.10 bits per heavy atom. The van der Waals surface area contributed by atoms with Crippen LogP contribution in [0.5, 0.6) is 5.75 Å². The van der Waals surface area contributed by atoms with E-state index >= 15 is 0 Å². The van der Waals surface area contributed by atoms with E-state index in [9.17, 15) is 4.79 Å². The van der Waals surface area contributed by atoms with E-state index in [1.807, 2.05) is 18.2 Å². The van der Waals surface area contributed by atoms with E-state index in [-0.39, 0.29) is 5.91 Å². The first kappa shape index (κ1) is 13.1. The number of fused-ring (bicyclic) bond motifs is 1. The quantitative estimate of drug-likeness (QED) is 0.800. The van der Waals surface area contributed by atoms with Crippen LogP contribution in [0.1, 0.15) is 10.5 Å². The fraction of sp³-hybridized carbons (Fsp3) is 0.0625. The second-order valence-corrected chi connectivity index (χ2v) is 4.45. The van der Waals surface area contributed by atoms with Crippen LogP contribution in [0.25, 0.3) is 10.9 Å². The van der Waals surface area contributed by atoms with Crippen LogP contribution in [0.4, 0.5) is 5.69 Å². The minimum atomic E-state index is -0.258. The van der Waals surface area contributed by atoms with E-state index < -0.39 is 0 Å². The van der Waals surface area contributed by atoms with Gasteiger partial charge in [0.05, 0.1) is 12.6 Å². The molecule has 0 unspecified atom stereocenters. The first-order valence-corrected chi connectivity index (χ1v) is 6.42. The summed E-state index contributed by atoms with van der Waals surface area (Å²) in [4.78, 5) is 20.5. The number of ether oxygens (including phenoxy) is 1. The number of pyridine rings is 2. The number of anilines is 1. The molecule has 0 spiro atoms. The minimum Gasteiger partial charge on any atom is -0.497 e. The number of methoxy groups -OCH3 is 1. The topological polar surface area (TPSA) is 64.1 Å². The first-order chi connectivity index (χ1) is 10.3. The second-order valence-electron chi connectivity index (χ2n) is 4.45. The van der Waals surface area contributed by atoms with Crippen LogP contribution in [-0.2, 0) is 0 Å². The highest BCUT2D eigenvalue weighted by Crippen LogP contribution is 2.19. The molecular formula is C16H13N3O2. The van der Waals surface area contributed by atoms with Gasteiger partial charge in [-0.1, -0.05) is 6.07 Å². The van der Waals surface area contributed by atoms with Gasteiger partial charge in [-0.25, -0.2) is 4.98 Å². The number of rotatable bonds is 3. The maximum atomic E-state index is 12.2. The van der Waals surface area contributed by atoms with Gasteiger partial charge < -0.3 is 10.1 Å². The molecule has 0 aliphatic carbocycles. The maximum absolute atomic E-state index is 12.2. The zero-order valence-corrected chi connectivity index (χ0v) is 11.4. The Balaban J connectivity index is 1.91. The Labute approximate surface area is 121 Å². The monoisotopic (exact) mass is 279 g/mol. The van der Waals surface area contributed by atoms with E-state index in [0.29, 0.717) is 17.1 Å². The molecule has 5 heteroatoms. The molecule has 0 aliphatic rings. The van der Waals surface area contributed by atoms with Crippen molar-refractivity contribution in [3.05, 3.63) is 60.6 Å². The first-order valence-electron chi connectivity index (χ1n) is 6.42. The maximum Gasteiger partial charge on any atom is 0.274 e. The van der Waals surface area contributed by atoms with Crippen molar-refractivity contribution in [2.75, 3.05) is 12.4 Å². The van der Waals surface area contributed by atoms with E-state index in [2.05, 4.69) is 15.3 Å². The largest absolute Gasteiger partial charge is 0.497 e. The Hall–Kier alpha value is -2.95. The summed E-state index contributed by atoms with van der Waals surface area (Å²) < 4.78 is 5.17. The van der Waals surface area contributed by atoms with Crippen molar-refractivity contribution in [2.24, 2.45) is 0 Å². The van der Waals surface area contributed by atoms with Gasteiger partial charge in [0.25, 0.3) is 5.91 Å². The predicted octanol–water partition coefficient (Wildman–Crippen LogP) is 2.89. The molecule has 5 nitrogen and oxygen atoms in total. The van der Waals surface area contributed by atoms with Gasteiger partial charge in [0.2, 0.25) is 0 Å². The van der Waals surface area contributed by atoms with Crippen molar-refractivity contribution in [2.45, 2.75) is 0 Å². The predicted molar refractivity (Wildman–Crippen MR) is 80.5 cm³/mol. The third-order valence-electron chi connectivity index (χ3n) is 3.07. The zero-order chi connectivity index (χ0) is 14.7. The van der Waals surface area contributed by atoms with E-state index in [0.717, 1.165) is 10.9 Å². The van der Waals surface area contributed by atoms with Crippen LogP contribution in [0.3, 0.4) is 0 Å². The molecule has 2 heterocycles. The van der Waals surface area contributed by atoms with E-state index in [1.54, 1.807) is 43.8 Å². The molecule has 0 atom stereocenters. The summed E-state index contributed by atoms with van der Waals surface area (Å²) in [6, 6.07) is 12.6. The number of carbonyl (C=O) groups is 1. The molecule has 1 aromatic carbocycles. The summed E-state index contributed by atoms with van der Waals surface area (Å²) in [5.74, 6) is 0.451. The average molecular weight is 279 g/mol. The van der Waals surface area contributed by atoms with Crippen molar-refractivity contribution in [3.8, 4) is 5.75 Å². The summed E-state index contributed by atoms with van der Waals surface area (Å²) >= 11 is 0. The Morgan fingerprint density at radius 3 is 2.62 bits per heavy atom. The lowest BCUT2D eigenvalue weighted by Gasteiger charge is -2.06. The van der Waals surface area contributed by atoms with Crippen molar-refractivity contribution >= 4 is 22.5 Å². The fourth-order valence-electron chi connectivity index (χ4n) is 1.98. The number of nitrogens with zero attached hydrogens (tertiary/aromatic N) is 2. The van der Waals surface area contributed by atoms with Crippen molar-refractivity contribution in [1.29, 1.82) is 0 Å². The van der Waals surface area contributed by atoms with Gasteiger partial charge in [-0.2, -0.15) is 0 Å². The molecule has 2 aromatic heterocycles. The molecule has 1 N–H and O–H groups in total. The van der Waals surface area contributed by atoms with Crippen LogP contribution in [0.2, 0.25) is 0 Å². The van der Waals surface area contributed by atoms with Crippen LogP contribution < -0.4 is 10.1 Å².